The van der Waals surface area contributed by atoms with Crippen LogP contribution in [0.1, 0.15) is 29.0 Å². The van der Waals surface area contributed by atoms with Gasteiger partial charge in [0.05, 0.1) is 11.6 Å². The zero-order valence-corrected chi connectivity index (χ0v) is 14.1. The Morgan fingerprint density at radius 1 is 1.33 bits per heavy atom. The highest BCUT2D eigenvalue weighted by Gasteiger charge is 2.31. The van der Waals surface area contributed by atoms with E-state index in [-0.39, 0.29) is 6.04 Å². The molecule has 2 rings (SSSR count). The molecule has 1 aromatic heterocycles. The normalized spacial score (nSPS) is 13.4. The Kier molecular flexibility index (Phi) is 5.35. The summed E-state index contributed by atoms with van der Waals surface area (Å²) >= 11 is 10.7. The molecule has 0 spiro atoms. The number of hydrogen-bond donors (Lipinski definition) is 1. The lowest BCUT2D eigenvalue weighted by Crippen LogP contribution is -2.21. The molecule has 21 heavy (non-hydrogen) atoms. The van der Waals surface area contributed by atoms with E-state index >= 15 is 0 Å². The molecule has 0 saturated carbocycles. The molecule has 0 amide bonds. The van der Waals surface area contributed by atoms with E-state index in [0.717, 1.165) is 15.4 Å². The van der Waals surface area contributed by atoms with Crippen LogP contribution in [0.3, 0.4) is 0 Å². The van der Waals surface area contributed by atoms with Crippen LogP contribution < -0.4 is 5.32 Å². The fraction of sp³-hybridized carbons (Fsp3) is 0.286. The molecular formula is C14H12BrClF3NS. The molecular weight excluding hydrogens is 387 g/mol. The van der Waals surface area contributed by atoms with Gasteiger partial charge in [0.25, 0.3) is 0 Å². The van der Waals surface area contributed by atoms with Crippen LogP contribution in [0, 0.1) is 0 Å². The fourth-order valence-electron chi connectivity index (χ4n) is 1.99. The molecule has 1 atom stereocenters. The van der Waals surface area contributed by atoms with Crippen molar-refractivity contribution < 1.29 is 13.2 Å². The minimum atomic E-state index is -4.35. The SMILES string of the molecule is CCNC(c1cccc(C(F)(F)F)c1)c1cc(Br)c(Cl)s1. The van der Waals surface area contributed by atoms with Crippen molar-refractivity contribution in [3.8, 4) is 0 Å². The van der Waals surface area contributed by atoms with Gasteiger partial charge >= 0.3 is 6.18 Å². The van der Waals surface area contributed by atoms with Gasteiger partial charge in [-0.1, -0.05) is 30.7 Å². The van der Waals surface area contributed by atoms with Crippen LogP contribution in [0.5, 0.6) is 0 Å². The third kappa shape index (κ3) is 4.00. The van der Waals surface area contributed by atoms with Crippen LogP contribution in [-0.4, -0.2) is 6.54 Å². The van der Waals surface area contributed by atoms with E-state index in [1.807, 2.05) is 13.0 Å². The summed E-state index contributed by atoms with van der Waals surface area (Å²) in [6, 6.07) is 6.88. The molecule has 1 nitrogen and oxygen atoms in total. The smallest absolute Gasteiger partial charge is 0.306 e. The molecule has 1 heterocycles. The lowest BCUT2D eigenvalue weighted by molar-refractivity contribution is -0.137. The van der Waals surface area contributed by atoms with E-state index in [0.29, 0.717) is 16.4 Å². The van der Waals surface area contributed by atoms with Gasteiger partial charge in [0.1, 0.15) is 4.34 Å². The second-order valence-electron chi connectivity index (χ2n) is 4.38. The summed E-state index contributed by atoms with van der Waals surface area (Å²) < 4.78 is 39.9. The molecule has 1 unspecified atom stereocenters. The third-order valence-electron chi connectivity index (χ3n) is 2.90. The average molecular weight is 399 g/mol. The van der Waals surface area contributed by atoms with Gasteiger partial charge in [0.2, 0.25) is 0 Å². The van der Waals surface area contributed by atoms with Crippen molar-refractivity contribution in [3.05, 3.63) is 55.1 Å². The van der Waals surface area contributed by atoms with Crippen molar-refractivity contribution in [2.24, 2.45) is 0 Å². The summed E-state index contributed by atoms with van der Waals surface area (Å²) in [5.41, 5.74) is -0.0817. The summed E-state index contributed by atoms with van der Waals surface area (Å²) in [6.45, 7) is 2.54. The minimum Gasteiger partial charge on any atom is -0.306 e. The van der Waals surface area contributed by atoms with E-state index in [4.69, 9.17) is 11.6 Å². The standard InChI is InChI=1S/C14H12BrClF3NS/c1-2-20-12(11-7-10(15)13(16)21-11)8-4-3-5-9(6-8)14(17,18)19/h3-7,12,20H,2H2,1H3. The molecule has 0 bridgehead atoms. The second kappa shape index (κ2) is 6.69. The van der Waals surface area contributed by atoms with E-state index in [1.54, 1.807) is 6.07 Å². The highest BCUT2D eigenvalue weighted by molar-refractivity contribution is 9.10. The lowest BCUT2D eigenvalue weighted by atomic mass is 10.0. The van der Waals surface area contributed by atoms with Crippen LogP contribution in [0.2, 0.25) is 4.34 Å². The molecule has 1 aromatic carbocycles. The van der Waals surface area contributed by atoms with E-state index < -0.39 is 11.7 Å². The van der Waals surface area contributed by atoms with E-state index in [2.05, 4.69) is 21.2 Å². The van der Waals surface area contributed by atoms with Gasteiger partial charge in [-0.25, -0.2) is 0 Å². The van der Waals surface area contributed by atoms with Gasteiger partial charge < -0.3 is 5.32 Å². The molecule has 0 aliphatic rings. The zero-order chi connectivity index (χ0) is 15.6. The second-order valence-corrected chi connectivity index (χ2v) is 6.92. The Morgan fingerprint density at radius 2 is 2.05 bits per heavy atom. The number of thiophene rings is 1. The Hall–Kier alpha value is -0.560. The van der Waals surface area contributed by atoms with Gasteiger partial charge in [0.15, 0.2) is 0 Å². The largest absolute Gasteiger partial charge is 0.416 e. The lowest BCUT2D eigenvalue weighted by Gasteiger charge is -2.18. The van der Waals surface area contributed by atoms with Crippen molar-refractivity contribution in [1.82, 2.24) is 5.32 Å². The first kappa shape index (κ1) is 16.8. The maximum absolute atomic E-state index is 12.8. The Balaban J connectivity index is 2.43. The van der Waals surface area contributed by atoms with Crippen LogP contribution in [-0.2, 0) is 6.18 Å². The number of rotatable bonds is 4. The number of hydrogen-bond acceptors (Lipinski definition) is 2. The van der Waals surface area contributed by atoms with E-state index in [1.165, 1.54) is 23.5 Å². The Labute approximate surface area is 138 Å². The van der Waals surface area contributed by atoms with Crippen molar-refractivity contribution in [2.45, 2.75) is 19.1 Å². The Morgan fingerprint density at radius 3 is 2.57 bits per heavy atom. The predicted molar refractivity (Wildman–Crippen MR) is 84.0 cm³/mol. The van der Waals surface area contributed by atoms with Gasteiger partial charge in [-0.15, -0.1) is 11.3 Å². The van der Waals surface area contributed by atoms with Gasteiger partial charge in [-0.2, -0.15) is 13.2 Å². The first-order chi connectivity index (χ1) is 9.82. The van der Waals surface area contributed by atoms with Crippen molar-refractivity contribution in [1.29, 1.82) is 0 Å². The third-order valence-corrected chi connectivity index (χ3v) is 5.44. The number of nitrogens with one attached hydrogen (secondary N) is 1. The summed E-state index contributed by atoms with van der Waals surface area (Å²) in [4.78, 5) is 0.869. The molecule has 1 N–H and O–H groups in total. The number of benzene rings is 1. The van der Waals surface area contributed by atoms with Crippen LogP contribution in [0.4, 0.5) is 13.2 Å². The summed E-state index contributed by atoms with van der Waals surface area (Å²) in [7, 11) is 0. The average Bonchev–Trinajstić information content (AvgIpc) is 2.75. The highest BCUT2D eigenvalue weighted by Crippen LogP contribution is 2.38. The van der Waals surface area contributed by atoms with Crippen LogP contribution in [0.15, 0.2) is 34.8 Å². The predicted octanol–water partition coefficient (Wildman–Crippen LogP) is 5.88. The van der Waals surface area contributed by atoms with Crippen LogP contribution >= 0.6 is 38.9 Å². The Bertz CT molecular complexity index is 607. The van der Waals surface area contributed by atoms with Gasteiger partial charge in [-0.05, 0) is 46.2 Å². The molecule has 0 radical (unpaired) electrons. The number of halogens is 5. The molecule has 0 saturated heterocycles. The first-order valence-corrected chi connectivity index (χ1v) is 8.17. The maximum atomic E-state index is 12.8. The van der Waals surface area contributed by atoms with Crippen molar-refractivity contribution in [3.63, 3.8) is 0 Å². The zero-order valence-electron chi connectivity index (χ0n) is 11.0. The monoisotopic (exact) mass is 397 g/mol. The minimum absolute atomic E-state index is 0.314. The van der Waals surface area contributed by atoms with Crippen molar-refractivity contribution >= 4 is 38.9 Å². The van der Waals surface area contributed by atoms with Crippen LogP contribution in [0.25, 0.3) is 0 Å². The summed E-state index contributed by atoms with van der Waals surface area (Å²) in [5.74, 6) is 0. The molecule has 0 aliphatic carbocycles. The molecule has 2 aromatic rings. The summed E-state index contributed by atoms with van der Waals surface area (Å²) in [6.07, 6.45) is -4.35. The van der Waals surface area contributed by atoms with Gasteiger partial charge in [0, 0.05) is 9.35 Å². The number of alkyl halides is 3. The quantitative estimate of drug-likeness (QED) is 0.678. The topological polar surface area (TPSA) is 12.0 Å². The highest BCUT2D eigenvalue weighted by atomic mass is 79.9. The first-order valence-electron chi connectivity index (χ1n) is 6.18. The summed E-state index contributed by atoms with van der Waals surface area (Å²) in [5, 5.41) is 3.20. The fourth-order valence-corrected chi connectivity index (χ4v) is 3.83. The molecule has 7 heteroatoms. The van der Waals surface area contributed by atoms with Gasteiger partial charge in [-0.3, -0.25) is 0 Å². The molecule has 114 valence electrons. The maximum Gasteiger partial charge on any atom is 0.416 e. The van der Waals surface area contributed by atoms with Crippen molar-refractivity contribution in [2.75, 3.05) is 6.54 Å². The molecule has 0 aliphatic heterocycles. The molecule has 0 fully saturated rings. The van der Waals surface area contributed by atoms with E-state index in [9.17, 15) is 13.2 Å².